The maximum Gasteiger partial charge on any atom is 0.223 e. The monoisotopic (exact) mass is 647 g/mol. The van der Waals surface area contributed by atoms with Crippen molar-refractivity contribution in [3.63, 3.8) is 0 Å². The van der Waals surface area contributed by atoms with Crippen molar-refractivity contribution in [3.05, 3.63) is 11.6 Å². The Bertz CT molecular complexity index is 940. The van der Waals surface area contributed by atoms with Crippen molar-refractivity contribution in [1.29, 1.82) is 0 Å². The second kappa shape index (κ2) is 16.3. The highest BCUT2D eigenvalue weighted by atomic mass is 33.1. The Labute approximate surface area is 280 Å². The zero-order chi connectivity index (χ0) is 32.1. The summed E-state index contributed by atoms with van der Waals surface area (Å²) in [5.74, 6) is 6.57. The number of carbonyl (C=O) groups excluding carboxylic acids is 1. The lowest BCUT2D eigenvalue weighted by Gasteiger charge is -2.58. The van der Waals surface area contributed by atoms with E-state index in [2.05, 4.69) is 51.5 Å². The molecular formula is C38H69N3OS2. The Morgan fingerprint density at radius 1 is 0.932 bits per heavy atom. The summed E-state index contributed by atoms with van der Waals surface area (Å²) in [5.41, 5.74) is 14.8. The Balaban J connectivity index is 1.27. The molecule has 44 heavy (non-hydrogen) atoms. The second-order valence-corrected chi connectivity index (χ2v) is 19.5. The third kappa shape index (κ3) is 8.84. The summed E-state index contributed by atoms with van der Waals surface area (Å²) >= 11 is 0. The maximum atomic E-state index is 13.0. The van der Waals surface area contributed by atoms with Crippen LogP contribution in [-0.2, 0) is 4.79 Å². The fourth-order valence-electron chi connectivity index (χ4n) is 10.2. The van der Waals surface area contributed by atoms with Crippen molar-refractivity contribution >= 4 is 27.5 Å². The first-order valence-electron chi connectivity index (χ1n) is 18.6. The largest absolute Gasteiger partial charge is 0.343 e. The van der Waals surface area contributed by atoms with Crippen LogP contribution in [0.25, 0.3) is 0 Å². The average Bonchev–Trinajstić information content (AvgIpc) is 3.32. The van der Waals surface area contributed by atoms with Crippen LogP contribution in [0.1, 0.15) is 138 Å². The van der Waals surface area contributed by atoms with Crippen molar-refractivity contribution in [2.24, 2.45) is 57.8 Å². The lowest BCUT2D eigenvalue weighted by molar-refractivity contribution is -0.130. The molecule has 0 heterocycles. The number of nitrogens with two attached hydrogens (primary N) is 2. The summed E-state index contributed by atoms with van der Waals surface area (Å²) in [5, 5.41) is 0.690. The Hall–Kier alpha value is -0.170. The van der Waals surface area contributed by atoms with Gasteiger partial charge in [0.05, 0.1) is 0 Å². The van der Waals surface area contributed by atoms with Crippen LogP contribution in [0.5, 0.6) is 0 Å². The van der Waals surface area contributed by atoms with Crippen LogP contribution in [-0.4, -0.2) is 47.0 Å². The molecule has 0 spiro atoms. The highest BCUT2D eigenvalue weighted by Gasteiger charge is 2.59. The first kappa shape index (κ1) is 36.7. The molecule has 0 radical (unpaired) electrons. The first-order valence-corrected chi connectivity index (χ1v) is 21.0. The van der Waals surface area contributed by atoms with Gasteiger partial charge in [-0.3, -0.25) is 4.79 Å². The van der Waals surface area contributed by atoms with Gasteiger partial charge in [0.15, 0.2) is 0 Å². The van der Waals surface area contributed by atoms with Gasteiger partial charge in [0, 0.05) is 42.6 Å². The summed E-state index contributed by atoms with van der Waals surface area (Å²) in [6, 6.07) is 0.237. The minimum atomic E-state index is 0.119. The van der Waals surface area contributed by atoms with Gasteiger partial charge in [-0.25, -0.2) is 0 Å². The number of fused-ring (bicyclic) bond motifs is 5. The van der Waals surface area contributed by atoms with Crippen molar-refractivity contribution < 1.29 is 4.79 Å². The van der Waals surface area contributed by atoms with Crippen LogP contribution in [0.2, 0.25) is 0 Å². The van der Waals surface area contributed by atoms with E-state index in [4.69, 9.17) is 11.5 Å². The minimum Gasteiger partial charge on any atom is -0.343 e. The number of amides is 1. The summed E-state index contributed by atoms with van der Waals surface area (Å²) in [7, 11) is 3.99. The summed E-state index contributed by atoms with van der Waals surface area (Å²) in [6.45, 7) is 18.3. The van der Waals surface area contributed by atoms with Crippen molar-refractivity contribution in [1.82, 2.24) is 4.90 Å². The van der Waals surface area contributed by atoms with E-state index in [1.54, 1.807) is 5.57 Å². The molecule has 2 unspecified atom stereocenters. The van der Waals surface area contributed by atoms with E-state index in [1.807, 2.05) is 29.5 Å². The van der Waals surface area contributed by atoms with Crippen molar-refractivity contribution in [3.8, 4) is 0 Å². The smallest absolute Gasteiger partial charge is 0.223 e. The lowest BCUT2D eigenvalue weighted by Crippen LogP contribution is -2.50. The number of carbonyl (C=O) groups is 1. The van der Waals surface area contributed by atoms with E-state index in [-0.39, 0.29) is 18.0 Å². The predicted octanol–water partition coefficient (Wildman–Crippen LogP) is 9.47. The molecule has 4 rings (SSSR count). The van der Waals surface area contributed by atoms with Gasteiger partial charge in [-0.15, -0.1) is 0 Å². The van der Waals surface area contributed by atoms with Gasteiger partial charge in [-0.2, -0.15) is 0 Å². The molecule has 10 atom stereocenters. The van der Waals surface area contributed by atoms with Gasteiger partial charge in [-0.1, -0.05) is 87.1 Å². The molecule has 0 aromatic carbocycles. The van der Waals surface area contributed by atoms with Crippen LogP contribution in [0.15, 0.2) is 11.6 Å². The van der Waals surface area contributed by atoms with E-state index in [9.17, 15) is 4.79 Å². The maximum absolute atomic E-state index is 13.0. The third-order valence-corrected chi connectivity index (χ3v) is 15.8. The number of nitrogens with zero attached hydrogens (tertiary/aromatic N) is 1. The van der Waals surface area contributed by atoms with Crippen LogP contribution in [0, 0.1) is 46.3 Å². The molecule has 1 amide bonds. The molecule has 4 N–H and O–H groups in total. The Kier molecular flexibility index (Phi) is 13.6. The molecule has 0 aliphatic heterocycles. The minimum absolute atomic E-state index is 0.119. The van der Waals surface area contributed by atoms with Crippen LogP contribution >= 0.6 is 21.6 Å². The van der Waals surface area contributed by atoms with Gasteiger partial charge in [-0.05, 0) is 124 Å². The van der Waals surface area contributed by atoms with Crippen molar-refractivity contribution in [2.75, 3.05) is 18.8 Å². The summed E-state index contributed by atoms with van der Waals surface area (Å²) < 4.78 is 0. The second-order valence-electron chi connectivity index (χ2n) is 16.7. The normalized spacial score (nSPS) is 35.3. The number of hydrogen-bond acceptors (Lipinski definition) is 5. The number of rotatable bonds is 16. The standard InChI is InChI=1S/C38H69N3OS2/c1-26(2)9-8-10-27(3)33-13-14-34-32-12-11-30-25-31(15-20-37(30,6)35(32)16-21-38(33,34)7)44-43-24-19-36(42)41(22-17-28(4)39)23-18-29(5)40/h11,26-29,31-35H,8-10,12-25,39-40H2,1-7H3/t27-,28?,29?,31+,32+,33-,34+,35+,37+,38-/m1/s1. The number of hydrogen-bond donors (Lipinski definition) is 2. The number of allylic oxidation sites excluding steroid dienone is 2. The van der Waals surface area contributed by atoms with E-state index in [0.717, 1.165) is 67.2 Å². The molecular weight excluding hydrogens is 579 g/mol. The molecule has 4 aliphatic rings. The van der Waals surface area contributed by atoms with Crippen molar-refractivity contribution in [2.45, 2.75) is 156 Å². The molecule has 3 fully saturated rings. The summed E-state index contributed by atoms with van der Waals surface area (Å²) in [4.78, 5) is 15.0. The van der Waals surface area contributed by atoms with Gasteiger partial charge in [0.2, 0.25) is 5.91 Å². The van der Waals surface area contributed by atoms with E-state index in [1.165, 1.54) is 70.6 Å². The first-order chi connectivity index (χ1) is 20.8. The van der Waals surface area contributed by atoms with Crippen LogP contribution in [0.4, 0.5) is 0 Å². The molecule has 4 aliphatic carbocycles. The molecule has 6 heteroatoms. The van der Waals surface area contributed by atoms with Gasteiger partial charge < -0.3 is 16.4 Å². The van der Waals surface area contributed by atoms with Gasteiger partial charge >= 0.3 is 0 Å². The third-order valence-electron chi connectivity index (χ3n) is 12.9. The van der Waals surface area contributed by atoms with E-state index < -0.39 is 0 Å². The van der Waals surface area contributed by atoms with E-state index >= 15 is 0 Å². The zero-order valence-corrected chi connectivity index (χ0v) is 31.3. The Morgan fingerprint density at radius 2 is 1.64 bits per heavy atom. The van der Waals surface area contributed by atoms with Gasteiger partial charge in [0.25, 0.3) is 0 Å². The topological polar surface area (TPSA) is 72.3 Å². The highest BCUT2D eigenvalue weighted by molar-refractivity contribution is 8.76. The SMILES string of the molecule is CC(C)CCC[C@@H](C)[C@H]1CC[C@H]2[C@@H]3CC=C4C[C@@H](SSCCC(=O)N(CCC(C)N)CCC(C)N)CC[C@]4(C)[C@H]3CC[C@]12C. The molecule has 0 bridgehead atoms. The molecule has 4 nitrogen and oxygen atoms in total. The quantitative estimate of drug-likeness (QED) is 0.0992. The van der Waals surface area contributed by atoms with Crippen LogP contribution < -0.4 is 11.5 Å². The van der Waals surface area contributed by atoms with E-state index in [0.29, 0.717) is 22.5 Å². The fraction of sp³-hybridized carbons (Fsp3) is 0.921. The summed E-state index contributed by atoms with van der Waals surface area (Å²) in [6.07, 6.45) is 20.5. The Morgan fingerprint density at radius 3 is 2.30 bits per heavy atom. The lowest BCUT2D eigenvalue weighted by atomic mass is 9.47. The molecule has 0 saturated heterocycles. The fourth-order valence-corrected chi connectivity index (χ4v) is 12.9. The molecule has 3 saturated carbocycles. The predicted molar refractivity (Wildman–Crippen MR) is 195 cm³/mol. The zero-order valence-electron chi connectivity index (χ0n) is 29.6. The highest BCUT2D eigenvalue weighted by Crippen LogP contribution is 2.67. The van der Waals surface area contributed by atoms with Gasteiger partial charge in [0.1, 0.15) is 0 Å². The van der Waals surface area contributed by atoms with Crippen LogP contribution in [0.3, 0.4) is 0 Å². The molecule has 254 valence electrons. The molecule has 0 aromatic rings. The average molecular weight is 648 g/mol. The molecule has 0 aromatic heterocycles.